The number of amides is 1. The third-order valence-corrected chi connectivity index (χ3v) is 8.33. The molecular formula is C44H81NO15. The van der Waals surface area contributed by atoms with Gasteiger partial charge in [-0.05, 0) is 12.0 Å². The standard InChI is InChI=1S/C44H81NO15/c1-2-3-4-5-6-7-8-12-16-47-18-20-49-22-24-51-26-28-53-30-32-55-34-36-57-38-40-59-41-39-58-37-35-56-33-31-54-29-27-52-25-23-50-21-19-48-17-15-45-44(46)60-42-43-13-10-9-11-14-43/h9-11,13-14H,2-8,12,15-42H2,1H3,(H,45,46). The maximum atomic E-state index is 11.7. The quantitative estimate of drug-likeness (QED) is 0.0845. The van der Waals surface area contributed by atoms with Gasteiger partial charge in [-0.2, -0.15) is 0 Å². The lowest BCUT2D eigenvalue weighted by atomic mass is 10.1. The van der Waals surface area contributed by atoms with E-state index in [4.69, 9.17) is 66.3 Å². The molecule has 0 aliphatic rings. The summed E-state index contributed by atoms with van der Waals surface area (Å²) in [4.78, 5) is 11.7. The number of alkyl carbamates (subject to hydrolysis) is 1. The zero-order valence-corrected chi connectivity index (χ0v) is 37.0. The van der Waals surface area contributed by atoms with Crippen LogP contribution in [0.15, 0.2) is 30.3 Å². The molecule has 0 aliphatic heterocycles. The van der Waals surface area contributed by atoms with Crippen molar-refractivity contribution in [3.63, 3.8) is 0 Å². The topological polar surface area (TPSA) is 158 Å². The highest BCUT2D eigenvalue weighted by molar-refractivity contribution is 5.67. The molecule has 0 saturated heterocycles. The van der Waals surface area contributed by atoms with E-state index in [1.807, 2.05) is 30.3 Å². The molecule has 0 aliphatic carbocycles. The van der Waals surface area contributed by atoms with Crippen molar-refractivity contribution in [2.24, 2.45) is 0 Å². The number of carbonyl (C=O) groups is 1. The van der Waals surface area contributed by atoms with E-state index in [1.165, 1.54) is 44.9 Å². The molecule has 0 saturated carbocycles. The molecule has 0 spiro atoms. The predicted molar refractivity (Wildman–Crippen MR) is 228 cm³/mol. The molecule has 0 aromatic heterocycles. The van der Waals surface area contributed by atoms with Crippen molar-refractivity contribution < 1.29 is 71.1 Å². The molecule has 0 heterocycles. The molecule has 352 valence electrons. The van der Waals surface area contributed by atoms with Crippen molar-refractivity contribution in [2.75, 3.05) is 178 Å². The van der Waals surface area contributed by atoms with E-state index in [0.29, 0.717) is 172 Å². The maximum absolute atomic E-state index is 11.7. The Morgan fingerprint density at radius 3 is 0.983 bits per heavy atom. The van der Waals surface area contributed by atoms with Crippen LogP contribution in [0.1, 0.15) is 63.9 Å². The third-order valence-electron chi connectivity index (χ3n) is 8.33. The molecule has 60 heavy (non-hydrogen) atoms. The second kappa shape index (κ2) is 49.6. The van der Waals surface area contributed by atoms with Crippen LogP contribution in [0.25, 0.3) is 0 Å². The van der Waals surface area contributed by atoms with Gasteiger partial charge in [0.25, 0.3) is 0 Å². The molecule has 1 N–H and O–H groups in total. The van der Waals surface area contributed by atoms with Gasteiger partial charge in [0.05, 0.1) is 165 Å². The van der Waals surface area contributed by atoms with E-state index in [1.54, 1.807) is 0 Å². The molecule has 0 fully saturated rings. The smallest absolute Gasteiger partial charge is 0.407 e. The Kier molecular flexibility index (Phi) is 46.3. The number of unbranched alkanes of at least 4 members (excludes halogenated alkanes) is 7. The van der Waals surface area contributed by atoms with Crippen LogP contribution < -0.4 is 5.32 Å². The Hall–Kier alpha value is -2.03. The minimum absolute atomic E-state index is 0.236. The molecule has 16 nitrogen and oxygen atoms in total. The van der Waals surface area contributed by atoms with Gasteiger partial charge in [-0.1, -0.05) is 82.2 Å². The number of ether oxygens (including phenoxy) is 14. The van der Waals surface area contributed by atoms with E-state index >= 15 is 0 Å². The van der Waals surface area contributed by atoms with Crippen molar-refractivity contribution in [3.8, 4) is 0 Å². The summed E-state index contributed by atoms with van der Waals surface area (Å²) in [7, 11) is 0. The summed E-state index contributed by atoms with van der Waals surface area (Å²) in [6, 6.07) is 9.51. The average Bonchev–Trinajstić information content (AvgIpc) is 3.27. The number of hydrogen-bond donors (Lipinski definition) is 1. The van der Waals surface area contributed by atoms with Gasteiger partial charge in [0.1, 0.15) is 6.61 Å². The summed E-state index contributed by atoms with van der Waals surface area (Å²) in [5.74, 6) is 0. The lowest BCUT2D eigenvalue weighted by molar-refractivity contribution is -0.0290. The van der Waals surface area contributed by atoms with E-state index in [0.717, 1.165) is 18.6 Å². The van der Waals surface area contributed by atoms with Gasteiger partial charge < -0.3 is 71.6 Å². The van der Waals surface area contributed by atoms with Crippen LogP contribution >= 0.6 is 0 Å². The fraction of sp³-hybridized carbons (Fsp3) is 0.841. The molecule has 1 rings (SSSR count). The lowest BCUT2D eigenvalue weighted by Gasteiger charge is -2.09. The van der Waals surface area contributed by atoms with Crippen molar-refractivity contribution in [2.45, 2.75) is 64.9 Å². The molecular weight excluding hydrogens is 782 g/mol. The molecule has 1 amide bonds. The Labute approximate surface area is 361 Å². The van der Waals surface area contributed by atoms with Gasteiger partial charge in [0.15, 0.2) is 0 Å². The van der Waals surface area contributed by atoms with Gasteiger partial charge in [-0.25, -0.2) is 4.79 Å². The fourth-order valence-corrected chi connectivity index (χ4v) is 5.08. The third kappa shape index (κ3) is 45.5. The van der Waals surface area contributed by atoms with Gasteiger partial charge in [-0.15, -0.1) is 0 Å². The predicted octanol–water partition coefficient (Wildman–Crippen LogP) is 5.27. The van der Waals surface area contributed by atoms with Gasteiger partial charge in [0, 0.05) is 13.2 Å². The Morgan fingerprint density at radius 1 is 0.367 bits per heavy atom. The lowest BCUT2D eigenvalue weighted by Crippen LogP contribution is -2.28. The van der Waals surface area contributed by atoms with Gasteiger partial charge in [0.2, 0.25) is 0 Å². The van der Waals surface area contributed by atoms with Gasteiger partial charge in [-0.3, -0.25) is 0 Å². The van der Waals surface area contributed by atoms with Crippen molar-refractivity contribution in [1.82, 2.24) is 5.32 Å². The van der Waals surface area contributed by atoms with E-state index in [2.05, 4.69) is 12.2 Å². The van der Waals surface area contributed by atoms with Crippen molar-refractivity contribution in [3.05, 3.63) is 35.9 Å². The number of hydrogen-bond acceptors (Lipinski definition) is 15. The summed E-state index contributed by atoms with van der Waals surface area (Å²) in [5, 5.41) is 2.65. The maximum Gasteiger partial charge on any atom is 0.407 e. The molecule has 0 bridgehead atoms. The summed E-state index contributed by atoms with van der Waals surface area (Å²) in [5.41, 5.74) is 0.937. The average molecular weight is 864 g/mol. The van der Waals surface area contributed by atoms with E-state index in [-0.39, 0.29) is 6.61 Å². The number of carbonyl (C=O) groups excluding carboxylic acids is 1. The fourth-order valence-electron chi connectivity index (χ4n) is 5.08. The number of benzene rings is 1. The summed E-state index contributed by atoms with van der Waals surface area (Å²) in [6.07, 6.45) is 10.0. The van der Waals surface area contributed by atoms with Crippen molar-refractivity contribution in [1.29, 1.82) is 0 Å². The highest BCUT2D eigenvalue weighted by Crippen LogP contribution is 2.08. The molecule has 16 heteroatoms. The van der Waals surface area contributed by atoms with Crippen LogP contribution in [0.3, 0.4) is 0 Å². The normalized spacial score (nSPS) is 11.4. The van der Waals surface area contributed by atoms with Gasteiger partial charge >= 0.3 is 6.09 Å². The molecule has 1 aromatic carbocycles. The van der Waals surface area contributed by atoms with Crippen LogP contribution in [0, 0.1) is 0 Å². The summed E-state index contributed by atoms with van der Waals surface area (Å²) >= 11 is 0. The molecule has 1 aromatic rings. The van der Waals surface area contributed by atoms with Crippen molar-refractivity contribution >= 4 is 6.09 Å². The summed E-state index contributed by atoms with van der Waals surface area (Å²) < 4.78 is 76.8. The minimum Gasteiger partial charge on any atom is -0.445 e. The Morgan fingerprint density at radius 2 is 0.650 bits per heavy atom. The largest absolute Gasteiger partial charge is 0.445 e. The van der Waals surface area contributed by atoms with Crippen LogP contribution in [0.4, 0.5) is 4.79 Å². The molecule has 0 atom stereocenters. The van der Waals surface area contributed by atoms with E-state index < -0.39 is 6.09 Å². The Balaban J connectivity index is 1.61. The first-order chi connectivity index (χ1) is 29.8. The number of nitrogens with one attached hydrogen (secondary N) is 1. The SMILES string of the molecule is CCCCCCCCCCOCCOCCOCCOCCOCCOCCOCCOCCOCCOCCOCCOCCOCCNC(=O)OCc1ccccc1. The molecule has 0 unspecified atom stereocenters. The van der Waals surface area contributed by atoms with Crippen LogP contribution in [0.5, 0.6) is 0 Å². The van der Waals surface area contributed by atoms with E-state index in [9.17, 15) is 4.79 Å². The zero-order chi connectivity index (χ0) is 42.8. The highest BCUT2D eigenvalue weighted by Gasteiger charge is 2.02. The first kappa shape index (κ1) is 56.0. The number of rotatable bonds is 50. The highest BCUT2D eigenvalue weighted by atomic mass is 16.6. The zero-order valence-electron chi connectivity index (χ0n) is 37.0. The van der Waals surface area contributed by atoms with Crippen LogP contribution in [-0.2, 0) is 72.9 Å². The second-order valence-corrected chi connectivity index (χ2v) is 13.4. The molecule has 0 radical (unpaired) electrons. The van der Waals surface area contributed by atoms with Crippen LogP contribution in [0.2, 0.25) is 0 Å². The minimum atomic E-state index is -0.470. The second-order valence-electron chi connectivity index (χ2n) is 13.4. The first-order valence-corrected chi connectivity index (χ1v) is 22.3. The summed E-state index contributed by atoms with van der Waals surface area (Å²) in [6.45, 7) is 16.3. The first-order valence-electron chi connectivity index (χ1n) is 22.3. The monoisotopic (exact) mass is 864 g/mol. The Bertz CT molecular complexity index is 969. The van der Waals surface area contributed by atoms with Crippen LogP contribution in [-0.4, -0.2) is 184 Å².